The maximum Gasteiger partial charge on any atom is 0.326 e. The monoisotopic (exact) mass is 477 g/mol. The van der Waals surface area contributed by atoms with Crippen LogP contribution in [0, 0.1) is 0 Å². The van der Waals surface area contributed by atoms with E-state index < -0.39 is 53.2 Å². The predicted molar refractivity (Wildman–Crippen MR) is 108 cm³/mol. The molecule has 4 atom stereocenters. The van der Waals surface area contributed by atoms with E-state index in [-0.39, 0.29) is 41.3 Å². The molecule has 1 heterocycles. The number of phenols is 1. The van der Waals surface area contributed by atoms with E-state index in [1.807, 2.05) is 0 Å². The Bertz CT molecular complexity index is 889. The van der Waals surface area contributed by atoms with Crippen LogP contribution in [0.2, 0.25) is 10.0 Å². The van der Waals surface area contributed by atoms with Gasteiger partial charge in [0.05, 0.1) is 10.0 Å². The molecule has 1 fully saturated rings. The number of hydrogen-bond acceptors (Lipinski definition) is 7. The minimum absolute atomic E-state index is 0.0391. The maximum atomic E-state index is 12.4. The van der Waals surface area contributed by atoms with E-state index in [1.54, 1.807) is 0 Å². The number of carbonyl (C=O) groups excluding carboxylic acids is 1. The third-order valence-electron chi connectivity index (χ3n) is 5.10. The molecule has 8 N–H and O–H groups in total. The largest absolute Gasteiger partial charge is 0.505 e. The normalized spacial score (nSPS) is 22.5. The van der Waals surface area contributed by atoms with Gasteiger partial charge in [-0.05, 0) is 31.4 Å². The molecule has 1 amide bonds. The van der Waals surface area contributed by atoms with Crippen molar-refractivity contribution < 1.29 is 39.6 Å². The second-order valence-electron chi connectivity index (χ2n) is 7.30. The lowest BCUT2D eigenvalue weighted by Crippen LogP contribution is -2.55. The number of halogens is 2. The molecule has 0 aromatic heterocycles. The van der Waals surface area contributed by atoms with Gasteiger partial charge in [-0.3, -0.25) is 19.7 Å². The number of amides is 1. The molecule has 0 radical (unpaired) electrons. The second-order valence-corrected chi connectivity index (χ2v) is 8.12. The molecule has 1 aromatic carbocycles. The van der Waals surface area contributed by atoms with E-state index in [2.05, 4.69) is 10.6 Å². The number of aromatic hydroxyl groups is 1. The summed E-state index contributed by atoms with van der Waals surface area (Å²) in [6.45, 7) is 0. The second kappa shape index (κ2) is 9.69. The van der Waals surface area contributed by atoms with Crippen LogP contribution in [0.3, 0.4) is 0 Å². The van der Waals surface area contributed by atoms with Gasteiger partial charge in [-0.25, -0.2) is 4.79 Å². The van der Waals surface area contributed by atoms with Gasteiger partial charge in [0.2, 0.25) is 0 Å². The lowest BCUT2D eigenvalue weighted by atomic mass is 9.89. The number of aliphatic carboxylic acids is 3. The number of phenolic OH excluding ortho intramolecular Hbond substituents is 1. The topological polar surface area (TPSA) is 199 Å². The summed E-state index contributed by atoms with van der Waals surface area (Å²) in [6, 6.07) is -1.21. The van der Waals surface area contributed by atoms with Crippen LogP contribution in [-0.4, -0.2) is 67.9 Å². The zero-order valence-electron chi connectivity index (χ0n) is 16.0. The van der Waals surface area contributed by atoms with Crippen LogP contribution in [0.5, 0.6) is 5.75 Å². The molecule has 11 nitrogen and oxygen atoms in total. The first-order valence-electron chi connectivity index (χ1n) is 9.07. The number of carboxylic acid groups (broad SMARTS) is 3. The first kappa shape index (κ1) is 24.7. The van der Waals surface area contributed by atoms with E-state index in [4.69, 9.17) is 34.0 Å². The zero-order valence-corrected chi connectivity index (χ0v) is 17.5. The van der Waals surface area contributed by atoms with E-state index in [1.165, 1.54) is 0 Å². The Morgan fingerprint density at radius 1 is 1.16 bits per heavy atom. The summed E-state index contributed by atoms with van der Waals surface area (Å²) in [5.74, 6) is -5.24. The summed E-state index contributed by atoms with van der Waals surface area (Å²) in [5.41, 5.74) is 3.79. The number of rotatable bonds is 9. The highest BCUT2D eigenvalue weighted by Gasteiger charge is 2.47. The SMILES string of the molecule is N[C@@H](C[C@@]1(C(=O)O)CC[C@H](C[C@H](NC(=O)c2cc(Cl)c(O)c(Cl)c2)C(=O)O)N1)C(=O)O. The Balaban J connectivity index is 2.12. The van der Waals surface area contributed by atoms with Gasteiger partial charge in [0.1, 0.15) is 17.6 Å². The molecule has 1 aliphatic rings. The third kappa shape index (κ3) is 5.76. The van der Waals surface area contributed by atoms with Crippen LogP contribution in [0.4, 0.5) is 0 Å². The van der Waals surface area contributed by atoms with Crippen molar-refractivity contribution in [1.29, 1.82) is 0 Å². The van der Waals surface area contributed by atoms with Crippen LogP contribution in [0.25, 0.3) is 0 Å². The van der Waals surface area contributed by atoms with Crippen LogP contribution in [0.15, 0.2) is 12.1 Å². The highest BCUT2D eigenvalue weighted by molar-refractivity contribution is 6.37. The lowest BCUT2D eigenvalue weighted by molar-refractivity contribution is -0.146. The molecule has 2 rings (SSSR count). The van der Waals surface area contributed by atoms with Gasteiger partial charge in [0.15, 0.2) is 5.75 Å². The number of benzene rings is 1. The zero-order chi connectivity index (χ0) is 23.5. The van der Waals surface area contributed by atoms with Gasteiger partial charge >= 0.3 is 17.9 Å². The summed E-state index contributed by atoms with van der Waals surface area (Å²) >= 11 is 11.6. The number of hydrogen-bond donors (Lipinski definition) is 7. The van der Waals surface area contributed by atoms with Crippen molar-refractivity contribution in [3.05, 3.63) is 27.7 Å². The molecule has 1 aromatic rings. The van der Waals surface area contributed by atoms with Gasteiger partial charge in [-0.2, -0.15) is 0 Å². The summed E-state index contributed by atoms with van der Waals surface area (Å²) < 4.78 is 0. The predicted octanol–water partition coefficient (Wildman–Crippen LogP) is 0.650. The van der Waals surface area contributed by atoms with E-state index in [0.29, 0.717) is 0 Å². The Hall–Kier alpha value is -2.60. The molecule has 170 valence electrons. The molecule has 0 spiro atoms. The number of nitrogens with two attached hydrogens (primary N) is 1. The van der Waals surface area contributed by atoms with Crippen molar-refractivity contribution >= 4 is 47.0 Å². The Morgan fingerprint density at radius 2 is 1.74 bits per heavy atom. The highest BCUT2D eigenvalue weighted by atomic mass is 35.5. The summed E-state index contributed by atoms with van der Waals surface area (Å²) in [4.78, 5) is 46.9. The minimum atomic E-state index is -1.62. The summed E-state index contributed by atoms with van der Waals surface area (Å²) in [5, 5.41) is 42.3. The van der Waals surface area contributed by atoms with E-state index in [0.717, 1.165) is 12.1 Å². The third-order valence-corrected chi connectivity index (χ3v) is 5.67. The number of carboxylic acids is 3. The van der Waals surface area contributed by atoms with Crippen LogP contribution >= 0.6 is 23.2 Å². The fraction of sp³-hybridized carbons (Fsp3) is 0.444. The van der Waals surface area contributed by atoms with Crippen molar-refractivity contribution in [2.75, 3.05) is 0 Å². The first-order chi connectivity index (χ1) is 14.4. The Kier molecular flexibility index (Phi) is 7.71. The molecular formula is C18H21Cl2N3O8. The summed E-state index contributed by atoms with van der Waals surface area (Å²) in [6.07, 6.45) is -0.284. The average molecular weight is 478 g/mol. The molecule has 0 bridgehead atoms. The summed E-state index contributed by atoms with van der Waals surface area (Å²) in [7, 11) is 0. The fourth-order valence-electron chi connectivity index (χ4n) is 3.46. The van der Waals surface area contributed by atoms with Gasteiger partial charge in [-0.15, -0.1) is 0 Å². The molecule has 0 saturated carbocycles. The number of carbonyl (C=O) groups is 4. The molecular weight excluding hydrogens is 457 g/mol. The van der Waals surface area contributed by atoms with Gasteiger partial charge in [-0.1, -0.05) is 23.2 Å². The first-order valence-corrected chi connectivity index (χ1v) is 9.83. The van der Waals surface area contributed by atoms with E-state index >= 15 is 0 Å². The van der Waals surface area contributed by atoms with Crippen molar-refractivity contribution in [1.82, 2.24) is 10.6 Å². The minimum Gasteiger partial charge on any atom is -0.505 e. The molecule has 0 unspecified atom stereocenters. The standard InChI is InChI=1S/C18H21Cl2N3O8/c19-9-3-7(4-10(20)13(9)24)14(25)22-12(16(28)29)5-8-1-2-18(23-8,17(30)31)6-11(21)15(26)27/h3-4,8,11-12,23-24H,1-2,5-6,21H2,(H,22,25)(H,26,27)(H,28,29)(H,30,31)/t8-,11+,12+,18-/m1/s1. The van der Waals surface area contributed by atoms with E-state index in [9.17, 15) is 34.5 Å². The Labute approximate surface area is 186 Å². The number of nitrogens with one attached hydrogen (secondary N) is 2. The Morgan fingerprint density at radius 3 is 2.23 bits per heavy atom. The highest BCUT2D eigenvalue weighted by Crippen LogP contribution is 2.33. The fourth-order valence-corrected chi connectivity index (χ4v) is 3.94. The van der Waals surface area contributed by atoms with Crippen molar-refractivity contribution in [3.8, 4) is 5.75 Å². The molecule has 0 aliphatic carbocycles. The molecule has 13 heteroatoms. The van der Waals surface area contributed by atoms with Gasteiger partial charge in [0, 0.05) is 18.0 Å². The molecule has 1 aliphatic heterocycles. The van der Waals surface area contributed by atoms with Crippen molar-refractivity contribution in [2.24, 2.45) is 5.73 Å². The molecule has 1 saturated heterocycles. The van der Waals surface area contributed by atoms with Crippen LogP contribution in [0.1, 0.15) is 36.0 Å². The van der Waals surface area contributed by atoms with Gasteiger partial charge in [0.25, 0.3) is 5.91 Å². The van der Waals surface area contributed by atoms with Crippen LogP contribution < -0.4 is 16.4 Å². The van der Waals surface area contributed by atoms with Crippen molar-refractivity contribution in [2.45, 2.75) is 49.3 Å². The maximum absolute atomic E-state index is 12.4. The lowest BCUT2D eigenvalue weighted by Gasteiger charge is -2.28. The van der Waals surface area contributed by atoms with Crippen molar-refractivity contribution in [3.63, 3.8) is 0 Å². The molecule has 31 heavy (non-hydrogen) atoms. The smallest absolute Gasteiger partial charge is 0.326 e. The van der Waals surface area contributed by atoms with Gasteiger partial charge < -0.3 is 31.5 Å². The quantitative estimate of drug-likeness (QED) is 0.264. The average Bonchev–Trinajstić information content (AvgIpc) is 3.08. The van der Waals surface area contributed by atoms with Crippen LogP contribution in [-0.2, 0) is 14.4 Å².